The van der Waals surface area contributed by atoms with Crippen LogP contribution in [0.25, 0.3) is 10.9 Å². The number of carbonyl (C=O) groups excluding carboxylic acids is 2. The van der Waals surface area contributed by atoms with Crippen LogP contribution in [0.2, 0.25) is 5.02 Å². The molecule has 2 aromatic carbocycles. The molecule has 5 nitrogen and oxygen atoms in total. The SMILES string of the molecule is COC(=O)c1c(C)n(C(=O)COc2ccc(Cl)c(C)c2)c2ccccc12. The van der Waals surface area contributed by atoms with Crippen molar-refractivity contribution in [2.75, 3.05) is 13.7 Å². The number of halogens is 1. The van der Waals surface area contributed by atoms with Crippen molar-refractivity contribution >= 4 is 34.4 Å². The summed E-state index contributed by atoms with van der Waals surface area (Å²) < 4.78 is 12.0. The predicted molar refractivity (Wildman–Crippen MR) is 100 cm³/mol. The molecular weight excluding hydrogens is 354 g/mol. The Morgan fingerprint density at radius 3 is 2.54 bits per heavy atom. The van der Waals surface area contributed by atoms with E-state index in [2.05, 4.69) is 0 Å². The lowest BCUT2D eigenvalue weighted by atomic mass is 10.1. The molecule has 134 valence electrons. The number of para-hydroxylation sites is 1. The van der Waals surface area contributed by atoms with Crippen molar-refractivity contribution < 1.29 is 19.1 Å². The molecule has 0 atom stereocenters. The van der Waals surface area contributed by atoms with E-state index in [0.717, 1.165) is 5.56 Å². The number of esters is 1. The maximum Gasteiger partial charge on any atom is 0.340 e. The summed E-state index contributed by atoms with van der Waals surface area (Å²) in [4.78, 5) is 24.9. The summed E-state index contributed by atoms with van der Waals surface area (Å²) in [5, 5.41) is 1.31. The Hall–Kier alpha value is -2.79. The molecule has 3 aromatic rings. The highest BCUT2D eigenvalue weighted by molar-refractivity contribution is 6.31. The molecule has 1 aromatic heterocycles. The van der Waals surface area contributed by atoms with Crippen molar-refractivity contribution in [1.29, 1.82) is 0 Å². The molecule has 0 N–H and O–H groups in total. The number of aryl methyl sites for hydroxylation is 1. The largest absolute Gasteiger partial charge is 0.484 e. The molecule has 0 spiro atoms. The van der Waals surface area contributed by atoms with Crippen molar-refractivity contribution in [3.63, 3.8) is 0 Å². The number of benzene rings is 2. The number of nitrogens with zero attached hydrogens (tertiary/aromatic N) is 1. The molecule has 0 saturated heterocycles. The molecule has 0 amide bonds. The molecular formula is C20H18ClNO4. The van der Waals surface area contributed by atoms with Gasteiger partial charge in [-0.05, 0) is 43.7 Å². The summed E-state index contributed by atoms with van der Waals surface area (Å²) in [7, 11) is 1.32. The van der Waals surface area contributed by atoms with Gasteiger partial charge in [0.25, 0.3) is 5.91 Å². The van der Waals surface area contributed by atoms with E-state index in [9.17, 15) is 9.59 Å². The van der Waals surface area contributed by atoms with E-state index in [1.54, 1.807) is 37.3 Å². The second kappa shape index (κ2) is 7.22. The smallest absolute Gasteiger partial charge is 0.340 e. The van der Waals surface area contributed by atoms with Gasteiger partial charge in [-0.2, -0.15) is 0 Å². The molecule has 0 aliphatic heterocycles. The summed E-state index contributed by atoms with van der Waals surface area (Å²) in [6.07, 6.45) is 0. The average molecular weight is 372 g/mol. The van der Waals surface area contributed by atoms with Crippen LogP contribution in [-0.4, -0.2) is 30.2 Å². The number of fused-ring (bicyclic) bond motifs is 1. The molecule has 6 heteroatoms. The number of methoxy groups -OCH3 is 1. The number of ether oxygens (including phenoxy) is 2. The van der Waals surface area contributed by atoms with Gasteiger partial charge in [-0.25, -0.2) is 4.79 Å². The van der Waals surface area contributed by atoms with Crippen LogP contribution in [0.3, 0.4) is 0 Å². The first-order chi connectivity index (χ1) is 12.4. The van der Waals surface area contributed by atoms with Crippen molar-refractivity contribution in [2.45, 2.75) is 13.8 Å². The zero-order valence-electron chi connectivity index (χ0n) is 14.7. The van der Waals surface area contributed by atoms with Crippen molar-refractivity contribution in [3.05, 3.63) is 64.3 Å². The van der Waals surface area contributed by atoms with Crippen molar-refractivity contribution in [3.8, 4) is 5.75 Å². The third kappa shape index (κ3) is 3.18. The number of hydrogen-bond donors (Lipinski definition) is 0. The molecule has 0 saturated carbocycles. The van der Waals surface area contributed by atoms with Crippen LogP contribution < -0.4 is 4.74 Å². The zero-order valence-corrected chi connectivity index (χ0v) is 15.5. The lowest BCUT2D eigenvalue weighted by Crippen LogP contribution is -2.20. The molecule has 0 bridgehead atoms. The van der Waals surface area contributed by atoms with Gasteiger partial charge in [-0.1, -0.05) is 29.8 Å². The van der Waals surface area contributed by atoms with Crippen LogP contribution in [0.15, 0.2) is 42.5 Å². The van der Waals surface area contributed by atoms with Gasteiger partial charge in [-0.3, -0.25) is 9.36 Å². The Kier molecular flexibility index (Phi) is 5.00. The molecule has 1 heterocycles. The van der Waals surface area contributed by atoms with E-state index in [-0.39, 0.29) is 12.5 Å². The summed E-state index contributed by atoms with van der Waals surface area (Å²) in [6, 6.07) is 12.4. The third-order valence-corrected chi connectivity index (χ3v) is 4.67. The van der Waals surface area contributed by atoms with Gasteiger partial charge in [-0.15, -0.1) is 0 Å². The monoisotopic (exact) mass is 371 g/mol. The molecule has 3 rings (SSSR count). The first-order valence-electron chi connectivity index (χ1n) is 8.04. The second-order valence-corrected chi connectivity index (χ2v) is 6.31. The van der Waals surface area contributed by atoms with Gasteiger partial charge in [0.15, 0.2) is 6.61 Å². The predicted octanol–water partition coefficient (Wildman–Crippen LogP) is 4.42. The van der Waals surface area contributed by atoms with Crippen LogP contribution in [0.1, 0.15) is 26.4 Å². The van der Waals surface area contributed by atoms with E-state index < -0.39 is 5.97 Å². The number of rotatable bonds is 4. The Balaban J connectivity index is 1.94. The van der Waals surface area contributed by atoms with Crippen molar-refractivity contribution in [2.24, 2.45) is 0 Å². The molecule has 26 heavy (non-hydrogen) atoms. The normalized spacial score (nSPS) is 10.8. The number of hydrogen-bond acceptors (Lipinski definition) is 4. The molecule has 0 fully saturated rings. The van der Waals surface area contributed by atoms with E-state index in [0.29, 0.717) is 32.9 Å². The van der Waals surface area contributed by atoms with Crippen molar-refractivity contribution in [1.82, 2.24) is 4.57 Å². The van der Waals surface area contributed by atoms with Crippen LogP contribution in [0.5, 0.6) is 5.75 Å². The lowest BCUT2D eigenvalue weighted by molar-refractivity contribution is 0.0602. The minimum Gasteiger partial charge on any atom is -0.484 e. The maximum atomic E-state index is 12.8. The molecule has 0 aliphatic rings. The molecule has 0 aliphatic carbocycles. The van der Waals surface area contributed by atoms with Gasteiger partial charge in [0, 0.05) is 16.1 Å². The summed E-state index contributed by atoms with van der Waals surface area (Å²) >= 11 is 6.00. The highest BCUT2D eigenvalue weighted by Gasteiger charge is 2.23. The Morgan fingerprint density at radius 1 is 1.12 bits per heavy atom. The van der Waals surface area contributed by atoms with E-state index >= 15 is 0 Å². The van der Waals surface area contributed by atoms with E-state index in [1.165, 1.54) is 11.7 Å². The minimum absolute atomic E-state index is 0.165. The summed E-state index contributed by atoms with van der Waals surface area (Å²) in [5.74, 6) is -0.191. The fourth-order valence-corrected chi connectivity index (χ4v) is 3.08. The van der Waals surface area contributed by atoms with Crippen LogP contribution in [0.4, 0.5) is 0 Å². The van der Waals surface area contributed by atoms with Crippen LogP contribution in [-0.2, 0) is 4.74 Å². The Morgan fingerprint density at radius 2 is 1.85 bits per heavy atom. The number of carbonyl (C=O) groups is 2. The molecule has 0 unspecified atom stereocenters. The quantitative estimate of drug-likeness (QED) is 0.637. The highest BCUT2D eigenvalue weighted by Crippen LogP contribution is 2.27. The van der Waals surface area contributed by atoms with Gasteiger partial charge < -0.3 is 9.47 Å². The summed E-state index contributed by atoms with van der Waals surface area (Å²) in [5.41, 5.74) is 2.43. The topological polar surface area (TPSA) is 57.5 Å². The number of aromatic nitrogens is 1. The second-order valence-electron chi connectivity index (χ2n) is 5.90. The highest BCUT2D eigenvalue weighted by atomic mass is 35.5. The Labute approximate surface area is 156 Å². The van der Waals surface area contributed by atoms with Crippen LogP contribution in [0, 0.1) is 13.8 Å². The van der Waals surface area contributed by atoms with E-state index in [1.807, 2.05) is 19.1 Å². The van der Waals surface area contributed by atoms with Gasteiger partial charge >= 0.3 is 5.97 Å². The maximum absolute atomic E-state index is 12.8. The first-order valence-corrected chi connectivity index (χ1v) is 8.42. The minimum atomic E-state index is -0.473. The van der Waals surface area contributed by atoms with Gasteiger partial charge in [0.2, 0.25) is 0 Å². The summed E-state index contributed by atoms with van der Waals surface area (Å²) in [6.45, 7) is 3.42. The fourth-order valence-electron chi connectivity index (χ4n) is 2.97. The zero-order chi connectivity index (χ0) is 18.8. The fraction of sp³-hybridized carbons (Fsp3) is 0.200. The standard InChI is InChI=1S/C20H18ClNO4/c1-12-10-14(8-9-16(12)21)26-11-18(23)22-13(2)19(20(24)25-3)15-6-4-5-7-17(15)22/h4-10H,11H2,1-3H3. The van der Waals surface area contributed by atoms with E-state index in [4.69, 9.17) is 21.1 Å². The van der Waals surface area contributed by atoms with Gasteiger partial charge in [0.05, 0.1) is 18.2 Å². The third-order valence-electron chi connectivity index (χ3n) is 4.24. The van der Waals surface area contributed by atoms with Gasteiger partial charge in [0.1, 0.15) is 5.75 Å². The lowest BCUT2D eigenvalue weighted by Gasteiger charge is -2.10. The average Bonchev–Trinajstić information content (AvgIpc) is 2.93. The van der Waals surface area contributed by atoms with Crippen LogP contribution >= 0.6 is 11.6 Å². The first kappa shape index (κ1) is 18.0. The Bertz CT molecular complexity index is 1010. The molecule has 0 radical (unpaired) electrons.